The average Bonchev–Trinajstić information content (AvgIpc) is 3.15. The molecule has 2 N–H and O–H groups in total. The van der Waals surface area contributed by atoms with Gasteiger partial charge in [0.05, 0.1) is 9.92 Å². The lowest BCUT2D eigenvalue weighted by molar-refractivity contribution is -0.118. The molecule has 0 saturated heterocycles. The number of amides is 1. The summed E-state index contributed by atoms with van der Waals surface area (Å²) in [6.07, 6.45) is 1.62. The third kappa shape index (κ3) is 5.53. The molecule has 3 rings (SSSR count). The first-order valence-corrected chi connectivity index (χ1v) is 10.9. The van der Waals surface area contributed by atoms with Gasteiger partial charge in [-0.2, -0.15) is 0 Å². The molecule has 0 bridgehead atoms. The van der Waals surface area contributed by atoms with Gasteiger partial charge in [-0.25, -0.2) is 13.1 Å². The summed E-state index contributed by atoms with van der Waals surface area (Å²) >= 11 is 6.13. The summed E-state index contributed by atoms with van der Waals surface area (Å²) in [6.45, 7) is 2.18. The molecule has 2 aromatic rings. The fourth-order valence-electron chi connectivity index (χ4n) is 2.55. The molecule has 0 saturated carbocycles. The van der Waals surface area contributed by atoms with Crippen LogP contribution in [-0.2, 0) is 14.8 Å². The first kappa shape index (κ1) is 21.2. The van der Waals surface area contributed by atoms with E-state index in [9.17, 15) is 13.2 Å². The lowest BCUT2D eigenvalue weighted by Gasteiger charge is -2.11. The summed E-state index contributed by atoms with van der Waals surface area (Å²) in [6, 6.07) is 9.13. The summed E-state index contributed by atoms with van der Waals surface area (Å²) in [5.74, 6) is 0.972. The van der Waals surface area contributed by atoms with Gasteiger partial charge in [0.15, 0.2) is 18.1 Å². The highest BCUT2D eigenvalue weighted by molar-refractivity contribution is 7.89. The zero-order valence-corrected chi connectivity index (χ0v) is 17.3. The van der Waals surface area contributed by atoms with Crippen LogP contribution < -0.4 is 24.2 Å². The minimum atomic E-state index is -3.64. The second-order valence-corrected chi connectivity index (χ2v) is 8.42. The number of benzene rings is 2. The van der Waals surface area contributed by atoms with Crippen LogP contribution in [0.2, 0.25) is 5.02 Å². The van der Waals surface area contributed by atoms with E-state index in [0.29, 0.717) is 23.7 Å². The van der Waals surface area contributed by atoms with Crippen molar-refractivity contribution in [2.24, 2.45) is 0 Å². The number of fused-ring (bicyclic) bond motifs is 1. The number of carbonyl (C=O) groups excluding carboxylic acids is 1. The van der Waals surface area contributed by atoms with E-state index < -0.39 is 15.9 Å². The Morgan fingerprint density at radius 1 is 1.17 bits per heavy atom. The molecule has 0 aliphatic carbocycles. The van der Waals surface area contributed by atoms with E-state index >= 15 is 0 Å². The van der Waals surface area contributed by atoms with Gasteiger partial charge >= 0.3 is 0 Å². The second-order valence-electron chi connectivity index (χ2n) is 6.25. The van der Waals surface area contributed by atoms with Crippen molar-refractivity contribution in [3.8, 4) is 17.2 Å². The highest BCUT2D eigenvalue weighted by Crippen LogP contribution is 2.34. The monoisotopic (exact) mass is 440 g/mol. The Hall–Kier alpha value is -2.49. The highest BCUT2D eigenvalue weighted by atomic mass is 35.5. The summed E-state index contributed by atoms with van der Waals surface area (Å²) in [5, 5.41) is 2.77. The maximum absolute atomic E-state index is 12.2. The number of halogens is 1. The van der Waals surface area contributed by atoms with Gasteiger partial charge in [0.1, 0.15) is 5.75 Å². The summed E-state index contributed by atoms with van der Waals surface area (Å²) in [7, 11) is -3.64. The second kappa shape index (κ2) is 9.34. The molecule has 0 fully saturated rings. The van der Waals surface area contributed by atoms with E-state index in [4.69, 9.17) is 25.8 Å². The van der Waals surface area contributed by atoms with Crippen molar-refractivity contribution in [1.29, 1.82) is 0 Å². The fraction of sp³-hybridized carbons (Fsp3) is 0.316. The molecule has 0 unspecified atom stereocenters. The Bertz CT molecular complexity index is 996. The zero-order chi connectivity index (χ0) is 20.9. The molecule has 1 aliphatic heterocycles. The number of hydrogen-bond acceptors (Lipinski definition) is 6. The number of rotatable bonds is 9. The molecule has 0 aromatic heterocycles. The van der Waals surface area contributed by atoms with Crippen molar-refractivity contribution < 1.29 is 27.4 Å². The van der Waals surface area contributed by atoms with Crippen LogP contribution in [0.25, 0.3) is 0 Å². The molecule has 0 atom stereocenters. The molecule has 10 heteroatoms. The number of anilines is 1. The number of nitrogens with one attached hydrogen (secondary N) is 2. The van der Waals surface area contributed by atoms with Crippen LogP contribution >= 0.6 is 11.6 Å². The van der Waals surface area contributed by atoms with Crippen LogP contribution in [0.15, 0.2) is 41.3 Å². The van der Waals surface area contributed by atoms with Gasteiger partial charge in [-0.15, -0.1) is 0 Å². The van der Waals surface area contributed by atoms with Crippen molar-refractivity contribution >= 4 is 33.2 Å². The number of carbonyl (C=O) groups is 1. The van der Waals surface area contributed by atoms with Gasteiger partial charge < -0.3 is 19.5 Å². The van der Waals surface area contributed by atoms with Crippen LogP contribution in [0.1, 0.15) is 19.8 Å². The van der Waals surface area contributed by atoms with Crippen LogP contribution in [0.3, 0.4) is 0 Å². The SMILES string of the molecule is CCCCNS(=O)(=O)c1ccc(OCC(=O)Nc2ccc3c(c2)OCO3)c(Cl)c1. The Morgan fingerprint density at radius 2 is 1.97 bits per heavy atom. The Labute approximate surface area is 174 Å². The van der Waals surface area contributed by atoms with Gasteiger partial charge in [0.2, 0.25) is 16.8 Å². The van der Waals surface area contributed by atoms with Crippen molar-refractivity contribution in [1.82, 2.24) is 4.72 Å². The molecule has 156 valence electrons. The standard InChI is InChI=1S/C19H21ClN2O6S/c1-2-3-8-21-29(24,25)14-5-7-16(15(20)10-14)26-11-19(23)22-13-4-6-17-18(9-13)28-12-27-17/h4-7,9-10,21H,2-3,8,11-12H2,1H3,(H,22,23). The predicted octanol–water partition coefficient (Wildman–Crippen LogP) is 3.16. The highest BCUT2D eigenvalue weighted by Gasteiger charge is 2.17. The van der Waals surface area contributed by atoms with Gasteiger partial charge in [-0.3, -0.25) is 4.79 Å². The zero-order valence-electron chi connectivity index (χ0n) is 15.7. The maximum Gasteiger partial charge on any atom is 0.262 e. The predicted molar refractivity (Wildman–Crippen MR) is 108 cm³/mol. The maximum atomic E-state index is 12.2. The van der Waals surface area contributed by atoms with Crippen LogP contribution in [0, 0.1) is 0 Å². The van der Waals surface area contributed by atoms with Crippen LogP contribution in [0.5, 0.6) is 17.2 Å². The van der Waals surface area contributed by atoms with Gasteiger partial charge in [-0.1, -0.05) is 24.9 Å². The van der Waals surface area contributed by atoms with Gasteiger partial charge in [0, 0.05) is 18.3 Å². The number of hydrogen-bond donors (Lipinski definition) is 2. The summed E-state index contributed by atoms with van der Waals surface area (Å²) in [4.78, 5) is 12.2. The molecular formula is C19H21ClN2O6S. The van der Waals surface area contributed by atoms with E-state index in [1.54, 1.807) is 18.2 Å². The van der Waals surface area contributed by atoms with Crippen molar-refractivity contribution in [3.05, 3.63) is 41.4 Å². The Morgan fingerprint density at radius 3 is 2.72 bits per heavy atom. The molecule has 0 radical (unpaired) electrons. The van der Waals surface area contributed by atoms with Gasteiger partial charge in [0.25, 0.3) is 5.91 Å². The Kier molecular flexibility index (Phi) is 6.83. The number of sulfonamides is 1. The minimum absolute atomic E-state index is 0.0377. The lowest BCUT2D eigenvalue weighted by atomic mass is 10.3. The summed E-state index contributed by atoms with van der Waals surface area (Å²) < 4.78 is 42.9. The third-order valence-corrected chi connectivity index (χ3v) is 5.81. The largest absolute Gasteiger partial charge is 0.482 e. The summed E-state index contributed by atoms with van der Waals surface area (Å²) in [5.41, 5.74) is 0.536. The van der Waals surface area contributed by atoms with Crippen LogP contribution in [0.4, 0.5) is 5.69 Å². The van der Waals surface area contributed by atoms with E-state index in [0.717, 1.165) is 12.8 Å². The molecular weight excluding hydrogens is 420 g/mol. The van der Waals surface area contributed by atoms with E-state index in [1.807, 2.05) is 6.92 Å². The van der Waals surface area contributed by atoms with E-state index in [1.165, 1.54) is 18.2 Å². The normalized spacial score (nSPS) is 12.6. The average molecular weight is 441 g/mol. The minimum Gasteiger partial charge on any atom is -0.482 e. The van der Waals surface area contributed by atoms with E-state index in [2.05, 4.69) is 10.0 Å². The molecule has 1 heterocycles. The molecule has 2 aromatic carbocycles. The van der Waals surface area contributed by atoms with E-state index in [-0.39, 0.29) is 29.1 Å². The van der Waals surface area contributed by atoms with Crippen molar-refractivity contribution in [2.75, 3.05) is 25.3 Å². The number of ether oxygens (including phenoxy) is 3. The molecule has 8 nitrogen and oxygen atoms in total. The third-order valence-electron chi connectivity index (χ3n) is 4.05. The first-order valence-electron chi connectivity index (χ1n) is 9.00. The fourth-order valence-corrected chi connectivity index (χ4v) is 3.95. The molecule has 29 heavy (non-hydrogen) atoms. The molecule has 1 amide bonds. The van der Waals surface area contributed by atoms with Crippen molar-refractivity contribution in [3.63, 3.8) is 0 Å². The smallest absolute Gasteiger partial charge is 0.262 e. The topological polar surface area (TPSA) is 103 Å². The lowest BCUT2D eigenvalue weighted by Crippen LogP contribution is -2.24. The van der Waals surface area contributed by atoms with Crippen LogP contribution in [-0.4, -0.2) is 34.3 Å². The first-order chi connectivity index (χ1) is 13.9. The van der Waals surface area contributed by atoms with Gasteiger partial charge in [-0.05, 0) is 36.8 Å². The molecule has 1 aliphatic rings. The quantitative estimate of drug-likeness (QED) is 0.580. The Balaban J connectivity index is 1.57. The molecule has 0 spiro atoms. The van der Waals surface area contributed by atoms with Crippen molar-refractivity contribution in [2.45, 2.75) is 24.7 Å². The number of unbranched alkanes of at least 4 members (excludes halogenated alkanes) is 1.